The first kappa shape index (κ1) is 22.1. The molecule has 0 saturated heterocycles. The zero-order valence-electron chi connectivity index (χ0n) is 18.3. The normalized spacial score (nSPS) is 18.1. The van der Waals surface area contributed by atoms with Crippen LogP contribution in [0.2, 0.25) is 0 Å². The van der Waals surface area contributed by atoms with E-state index in [4.69, 9.17) is 14.2 Å². The van der Waals surface area contributed by atoms with Crippen LogP contribution in [0.1, 0.15) is 47.2 Å². The Morgan fingerprint density at radius 2 is 1.25 bits per heavy atom. The Hall–Kier alpha value is -3.11. The van der Waals surface area contributed by atoms with Gasteiger partial charge in [-0.05, 0) is 73.9 Å². The number of carbonyl (C=O) groups is 1. The molecule has 1 saturated carbocycles. The molecule has 166 valence electrons. The van der Waals surface area contributed by atoms with Gasteiger partial charge in [-0.2, -0.15) is 0 Å². The summed E-state index contributed by atoms with van der Waals surface area (Å²) in [5.41, 5.74) is 3.16. The molecule has 3 aromatic carbocycles. The third-order valence-electron chi connectivity index (χ3n) is 5.90. The summed E-state index contributed by atoms with van der Waals surface area (Å²) in [5, 5.41) is 0. The molecule has 32 heavy (non-hydrogen) atoms. The van der Waals surface area contributed by atoms with Gasteiger partial charge >= 0.3 is 5.97 Å². The summed E-state index contributed by atoms with van der Waals surface area (Å²) in [4.78, 5) is 12.5. The highest BCUT2D eigenvalue weighted by Gasteiger charge is 2.25. The Kier molecular flexibility index (Phi) is 7.94. The van der Waals surface area contributed by atoms with E-state index in [0.717, 1.165) is 44.3 Å². The highest BCUT2D eigenvalue weighted by atomic mass is 16.7. The Morgan fingerprint density at radius 1 is 0.688 bits per heavy atom. The van der Waals surface area contributed by atoms with Gasteiger partial charge in [0, 0.05) is 0 Å². The van der Waals surface area contributed by atoms with Gasteiger partial charge in [0.05, 0.1) is 11.7 Å². The molecule has 4 heteroatoms. The average Bonchev–Trinajstić information content (AvgIpc) is 2.85. The third kappa shape index (κ3) is 6.69. The number of hydrogen-bond donors (Lipinski definition) is 0. The van der Waals surface area contributed by atoms with E-state index >= 15 is 0 Å². The lowest BCUT2D eigenvalue weighted by Gasteiger charge is -2.28. The van der Waals surface area contributed by atoms with Crippen molar-refractivity contribution in [3.8, 4) is 5.75 Å². The Balaban J connectivity index is 1.16. The Morgan fingerprint density at radius 3 is 1.91 bits per heavy atom. The second kappa shape index (κ2) is 11.5. The number of carbonyl (C=O) groups excluding carboxylic acids is 1. The second-order valence-electron chi connectivity index (χ2n) is 8.23. The summed E-state index contributed by atoms with van der Waals surface area (Å²) in [6, 6.07) is 27.9. The summed E-state index contributed by atoms with van der Waals surface area (Å²) in [7, 11) is 0. The fraction of sp³-hybridized carbons (Fsp3) is 0.321. The van der Waals surface area contributed by atoms with E-state index in [1.54, 1.807) is 0 Å². The molecule has 4 nitrogen and oxygen atoms in total. The number of hydrogen-bond acceptors (Lipinski definition) is 4. The maximum Gasteiger partial charge on any atom is 0.338 e. The van der Waals surface area contributed by atoms with Crippen molar-refractivity contribution in [3.05, 3.63) is 102 Å². The van der Waals surface area contributed by atoms with E-state index in [1.165, 1.54) is 11.1 Å². The highest BCUT2D eigenvalue weighted by Crippen LogP contribution is 2.25. The molecule has 0 aliphatic heterocycles. The van der Waals surface area contributed by atoms with Gasteiger partial charge in [0.2, 0.25) is 0 Å². The molecule has 0 radical (unpaired) electrons. The molecule has 0 N–H and O–H groups in total. The van der Waals surface area contributed by atoms with Gasteiger partial charge in [0.15, 0.2) is 6.79 Å². The molecule has 0 heterocycles. The summed E-state index contributed by atoms with van der Waals surface area (Å²) in [6.45, 7) is 0.246. The van der Waals surface area contributed by atoms with Crippen LogP contribution in [0.5, 0.6) is 5.75 Å². The zero-order valence-corrected chi connectivity index (χ0v) is 18.3. The predicted molar refractivity (Wildman–Crippen MR) is 125 cm³/mol. The summed E-state index contributed by atoms with van der Waals surface area (Å²) in [5.74, 6) is 0.567. The van der Waals surface area contributed by atoms with Gasteiger partial charge < -0.3 is 14.2 Å². The number of aryl methyl sites for hydroxylation is 2. The van der Waals surface area contributed by atoms with E-state index in [9.17, 15) is 4.79 Å². The maximum absolute atomic E-state index is 12.5. The summed E-state index contributed by atoms with van der Waals surface area (Å²) in [6.07, 6.45) is 5.42. The number of benzene rings is 3. The lowest BCUT2D eigenvalue weighted by molar-refractivity contribution is -0.0666. The summed E-state index contributed by atoms with van der Waals surface area (Å²) >= 11 is 0. The topological polar surface area (TPSA) is 44.8 Å². The van der Waals surface area contributed by atoms with Crippen molar-refractivity contribution in [2.75, 3.05) is 6.79 Å². The number of para-hydroxylation sites is 1. The molecule has 1 aliphatic carbocycles. The third-order valence-corrected chi connectivity index (χ3v) is 5.90. The van der Waals surface area contributed by atoms with Gasteiger partial charge in [-0.25, -0.2) is 4.79 Å². The molecule has 4 rings (SSSR count). The predicted octanol–water partition coefficient (Wildman–Crippen LogP) is 5.99. The molecule has 1 fully saturated rings. The van der Waals surface area contributed by atoms with Crippen molar-refractivity contribution in [3.63, 3.8) is 0 Å². The van der Waals surface area contributed by atoms with Gasteiger partial charge in [-0.3, -0.25) is 0 Å². The van der Waals surface area contributed by atoms with Gasteiger partial charge in [0.1, 0.15) is 11.9 Å². The minimum absolute atomic E-state index is 0.0462. The zero-order chi connectivity index (χ0) is 22.0. The number of rotatable bonds is 9. The number of esters is 1. The summed E-state index contributed by atoms with van der Waals surface area (Å²) < 4.78 is 17.2. The van der Waals surface area contributed by atoms with Crippen LogP contribution in [-0.2, 0) is 22.3 Å². The largest absolute Gasteiger partial charge is 0.468 e. The van der Waals surface area contributed by atoms with Crippen molar-refractivity contribution >= 4 is 5.97 Å². The first-order chi connectivity index (χ1) is 15.8. The van der Waals surface area contributed by atoms with Gasteiger partial charge in [0.25, 0.3) is 0 Å². The van der Waals surface area contributed by atoms with Crippen molar-refractivity contribution in [2.24, 2.45) is 0 Å². The SMILES string of the molecule is O=C(OC1CCC(OCOc2ccccc2)CC1)c1ccc(CCc2ccccc2)cc1. The van der Waals surface area contributed by atoms with Crippen LogP contribution in [0, 0.1) is 0 Å². The van der Waals surface area contributed by atoms with E-state index in [2.05, 4.69) is 24.3 Å². The lowest BCUT2D eigenvalue weighted by Crippen LogP contribution is -2.29. The van der Waals surface area contributed by atoms with E-state index in [0.29, 0.717) is 5.56 Å². The molecule has 0 amide bonds. The van der Waals surface area contributed by atoms with E-state index in [1.807, 2.05) is 60.7 Å². The van der Waals surface area contributed by atoms with Crippen molar-refractivity contribution in [1.82, 2.24) is 0 Å². The van der Waals surface area contributed by atoms with Gasteiger partial charge in [-0.15, -0.1) is 0 Å². The lowest BCUT2D eigenvalue weighted by atomic mass is 9.95. The Labute approximate surface area is 190 Å². The molecular weight excluding hydrogens is 400 g/mol. The van der Waals surface area contributed by atoms with Crippen LogP contribution in [0.15, 0.2) is 84.9 Å². The Bertz CT molecular complexity index is 946. The molecule has 3 aromatic rings. The van der Waals surface area contributed by atoms with E-state index < -0.39 is 0 Å². The molecular formula is C28H30O4. The molecule has 0 unspecified atom stereocenters. The molecule has 1 aliphatic rings. The van der Waals surface area contributed by atoms with Crippen molar-refractivity contribution in [2.45, 2.75) is 50.7 Å². The van der Waals surface area contributed by atoms with Crippen LogP contribution < -0.4 is 4.74 Å². The first-order valence-electron chi connectivity index (χ1n) is 11.4. The van der Waals surface area contributed by atoms with Gasteiger partial charge in [-0.1, -0.05) is 60.7 Å². The smallest absolute Gasteiger partial charge is 0.338 e. The minimum atomic E-state index is -0.239. The van der Waals surface area contributed by atoms with Crippen LogP contribution in [0.3, 0.4) is 0 Å². The monoisotopic (exact) mass is 430 g/mol. The van der Waals surface area contributed by atoms with Crippen LogP contribution in [-0.4, -0.2) is 25.0 Å². The highest BCUT2D eigenvalue weighted by molar-refractivity contribution is 5.89. The van der Waals surface area contributed by atoms with E-state index in [-0.39, 0.29) is 25.0 Å². The molecule has 0 aromatic heterocycles. The molecule has 0 spiro atoms. The standard InChI is InChI=1S/C28H30O4/c29-28(24-15-13-23(14-16-24)12-11-22-7-3-1-4-8-22)32-27-19-17-26(18-20-27)31-21-30-25-9-5-2-6-10-25/h1-10,13-16,26-27H,11-12,17-21H2. The first-order valence-corrected chi connectivity index (χ1v) is 11.4. The maximum atomic E-state index is 12.5. The molecule has 0 bridgehead atoms. The van der Waals surface area contributed by atoms with Crippen molar-refractivity contribution in [1.29, 1.82) is 0 Å². The molecule has 0 atom stereocenters. The fourth-order valence-corrected chi connectivity index (χ4v) is 3.99. The quantitative estimate of drug-likeness (QED) is 0.309. The van der Waals surface area contributed by atoms with Crippen LogP contribution in [0.4, 0.5) is 0 Å². The minimum Gasteiger partial charge on any atom is -0.468 e. The van der Waals surface area contributed by atoms with Crippen molar-refractivity contribution < 1.29 is 19.0 Å². The average molecular weight is 431 g/mol. The number of ether oxygens (including phenoxy) is 3. The second-order valence-corrected chi connectivity index (χ2v) is 8.23. The van der Waals surface area contributed by atoms with Crippen LogP contribution in [0.25, 0.3) is 0 Å². The van der Waals surface area contributed by atoms with Crippen LogP contribution >= 0.6 is 0 Å². The fourth-order valence-electron chi connectivity index (χ4n) is 3.99.